The minimum absolute atomic E-state index is 0. The van der Waals surface area contributed by atoms with Gasteiger partial charge in [-0.2, -0.15) is 0 Å². The summed E-state index contributed by atoms with van der Waals surface area (Å²) >= 11 is 0. The Labute approximate surface area is 158 Å². The van der Waals surface area contributed by atoms with E-state index in [2.05, 4.69) is 46.4 Å². The molecule has 2 unspecified atom stereocenters. The normalized spacial score (nSPS) is 24.1. The molecule has 23 heavy (non-hydrogen) atoms. The second-order valence-corrected chi connectivity index (χ2v) is 6.92. The van der Waals surface area contributed by atoms with Gasteiger partial charge < -0.3 is 10.2 Å². The number of rotatable bonds is 3. The number of likely N-dealkylation sites (tertiary alicyclic amines) is 1. The lowest BCUT2D eigenvalue weighted by molar-refractivity contribution is 0.299. The van der Waals surface area contributed by atoms with Crippen molar-refractivity contribution in [2.24, 2.45) is 16.8 Å². The number of halogens is 1. The van der Waals surface area contributed by atoms with Crippen LogP contribution in [-0.2, 0) is 6.42 Å². The molecule has 3 rings (SSSR count). The molecule has 1 saturated carbocycles. The Kier molecular flexibility index (Phi) is 7.18. The lowest BCUT2D eigenvalue weighted by Gasteiger charge is -2.22. The highest BCUT2D eigenvalue weighted by molar-refractivity contribution is 14.0. The molecule has 1 aromatic carbocycles. The van der Waals surface area contributed by atoms with Gasteiger partial charge in [0.2, 0.25) is 0 Å². The van der Waals surface area contributed by atoms with Crippen molar-refractivity contribution in [2.45, 2.75) is 39.0 Å². The van der Waals surface area contributed by atoms with E-state index in [0.717, 1.165) is 30.8 Å². The van der Waals surface area contributed by atoms with Crippen LogP contribution in [0.15, 0.2) is 29.3 Å². The number of hydrogen-bond donors (Lipinski definition) is 1. The SMILES string of the molecule is CN=C(NCCc1ccc(C)cc1)N1CC2CCCCC2C1.I. The molecule has 1 saturated heterocycles. The minimum Gasteiger partial charge on any atom is -0.356 e. The van der Waals surface area contributed by atoms with Gasteiger partial charge in [0.1, 0.15) is 0 Å². The van der Waals surface area contributed by atoms with Crippen molar-refractivity contribution in [2.75, 3.05) is 26.7 Å². The molecule has 0 radical (unpaired) electrons. The van der Waals surface area contributed by atoms with Crippen LogP contribution in [0.5, 0.6) is 0 Å². The summed E-state index contributed by atoms with van der Waals surface area (Å²) in [6.45, 7) is 5.50. The topological polar surface area (TPSA) is 27.6 Å². The Morgan fingerprint density at radius 3 is 2.30 bits per heavy atom. The lowest BCUT2D eigenvalue weighted by Crippen LogP contribution is -2.41. The first-order chi connectivity index (χ1) is 10.8. The van der Waals surface area contributed by atoms with Crippen LogP contribution >= 0.6 is 24.0 Å². The fourth-order valence-corrected chi connectivity index (χ4v) is 3.98. The molecule has 0 amide bonds. The third-order valence-electron chi connectivity index (χ3n) is 5.31. The Bertz CT molecular complexity index is 498. The van der Waals surface area contributed by atoms with Crippen LogP contribution in [0.25, 0.3) is 0 Å². The molecule has 4 heteroatoms. The van der Waals surface area contributed by atoms with Crippen LogP contribution in [0.2, 0.25) is 0 Å². The Balaban J connectivity index is 0.00000192. The molecule has 3 nitrogen and oxygen atoms in total. The molecular weight excluding hydrogens is 397 g/mol. The first-order valence-corrected chi connectivity index (χ1v) is 8.77. The highest BCUT2D eigenvalue weighted by Crippen LogP contribution is 2.35. The van der Waals surface area contributed by atoms with E-state index >= 15 is 0 Å². The van der Waals surface area contributed by atoms with Crippen molar-refractivity contribution in [3.63, 3.8) is 0 Å². The van der Waals surface area contributed by atoms with E-state index in [1.807, 2.05) is 7.05 Å². The molecule has 2 aliphatic rings. The fourth-order valence-electron chi connectivity index (χ4n) is 3.98. The number of nitrogens with zero attached hydrogens (tertiary/aromatic N) is 2. The number of aryl methyl sites for hydroxylation is 1. The average molecular weight is 427 g/mol. The minimum atomic E-state index is 0. The Hall–Kier alpha value is -0.780. The molecule has 0 aromatic heterocycles. The van der Waals surface area contributed by atoms with Crippen LogP contribution in [0, 0.1) is 18.8 Å². The molecule has 1 heterocycles. The van der Waals surface area contributed by atoms with Gasteiger partial charge >= 0.3 is 0 Å². The summed E-state index contributed by atoms with van der Waals surface area (Å²) in [5.41, 5.74) is 2.72. The molecule has 128 valence electrons. The van der Waals surface area contributed by atoms with Gasteiger partial charge in [0.25, 0.3) is 0 Å². The van der Waals surface area contributed by atoms with Gasteiger partial charge in [-0.1, -0.05) is 42.7 Å². The third kappa shape index (κ3) is 4.85. The van der Waals surface area contributed by atoms with E-state index in [1.54, 1.807) is 0 Å². The Morgan fingerprint density at radius 2 is 1.74 bits per heavy atom. The summed E-state index contributed by atoms with van der Waals surface area (Å²) in [5.74, 6) is 2.91. The summed E-state index contributed by atoms with van der Waals surface area (Å²) in [7, 11) is 1.91. The first kappa shape index (κ1) is 18.6. The quantitative estimate of drug-likeness (QED) is 0.451. The van der Waals surface area contributed by atoms with Crippen LogP contribution in [-0.4, -0.2) is 37.5 Å². The van der Waals surface area contributed by atoms with E-state index in [0.29, 0.717) is 0 Å². The van der Waals surface area contributed by atoms with Crippen molar-refractivity contribution in [3.8, 4) is 0 Å². The molecule has 2 fully saturated rings. The van der Waals surface area contributed by atoms with E-state index in [-0.39, 0.29) is 24.0 Å². The van der Waals surface area contributed by atoms with Crippen LogP contribution < -0.4 is 5.32 Å². The Morgan fingerprint density at radius 1 is 1.13 bits per heavy atom. The number of benzene rings is 1. The zero-order valence-electron chi connectivity index (χ0n) is 14.4. The van der Waals surface area contributed by atoms with Gasteiger partial charge in [-0.05, 0) is 43.6 Å². The van der Waals surface area contributed by atoms with Gasteiger partial charge in [-0.25, -0.2) is 0 Å². The highest BCUT2D eigenvalue weighted by atomic mass is 127. The number of aliphatic imine (C=N–C) groups is 1. The average Bonchev–Trinajstić information content (AvgIpc) is 2.97. The van der Waals surface area contributed by atoms with Crippen molar-refractivity contribution in [3.05, 3.63) is 35.4 Å². The van der Waals surface area contributed by atoms with Gasteiger partial charge in [0.05, 0.1) is 0 Å². The molecule has 1 aliphatic carbocycles. The van der Waals surface area contributed by atoms with Crippen molar-refractivity contribution < 1.29 is 0 Å². The second-order valence-electron chi connectivity index (χ2n) is 6.92. The summed E-state index contributed by atoms with van der Waals surface area (Å²) < 4.78 is 0. The fraction of sp³-hybridized carbons (Fsp3) is 0.632. The van der Waals surface area contributed by atoms with Gasteiger partial charge in [0.15, 0.2) is 5.96 Å². The maximum Gasteiger partial charge on any atom is 0.193 e. The maximum atomic E-state index is 4.50. The first-order valence-electron chi connectivity index (χ1n) is 8.77. The second kappa shape index (κ2) is 8.90. The smallest absolute Gasteiger partial charge is 0.193 e. The van der Waals surface area contributed by atoms with E-state index in [4.69, 9.17) is 0 Å². The molecule has 1 aromatic rings. The van der Waals surface area contributed by atoms with Crippen molar-refractivity contribution in [1.29, 1.82) is 0 Å². The largest absolute Gasteiger partial charge is 0.356 e. The summed E-state index contributed by atoms with van der Waals surface area (Å²) in [6.07, 6.45) is 6.74. The zero-order valence-corrected chi connectivity index (χ0v) is 16.8. The van der Waals surface area contributed by atoms with Gasteiger partial charge in [-0.15, -0.1) is 24.0 Å². The predicted molar refractivity (Wildman–Crippen MR) is 109 cm³/mol. The van der Waals surface area contributed by atoms with E-state index in [1.165, 1.54) is 49.9 Å². The van der Waals surface area contributed by atoms with Crippen LogP contribution in [0.3, 0.4) is 0 Å². The number of nitrogens with one attached hydrogen (secondary N) is 1. The summed E-state index contributed by atoms with van der Waals surface area (Å²) in [4.78, 5) is 6.99. The number of guanidine groups is 1. The summed E-state index contributed by atoms with van der Waals surface area (Å²) in [5, 5.41) is 3.56. The molecule has 0 spiro atoms. The van der Waals surface area contributed by atoms with Gasteiger partial charge in [-0.3, -0.25) is 4.99 Å². The predicted octanol–water partition coefficient (Wildman–Crippen LogP) is 3.85. The molecule has 0 bridgehead atoms. The van der Waals surface area contributed by atoms with E-state index < -0.39 is 0 Å². The lowest BCUT2D eigenvalue weighted by atomic mass is 9.82. The standard InChI is InChI=1S/C19H29N3.HI/c1-15-7-9-16(10-8-15)11-12-21-19(20-2)22-13-17-5-3-4-6-18(17)14-22;/h7-10,17-18H,3-6,11-14H2,1-2H3,(H,20,21);1H. The van der Waals surface area contributed by atoms with Crippen LogP contribution in [0.4, 0.5) is 0 Å². The number of hydrogen-bond acceptors (Lipinski definition) is 1. The molecule has 1 N–H and O–H groups in total. The highest BCUT2D eigenvalue weighted by Gasteiger charge is 2.35. The summed E-state index contributed by atoms with van der Waals surface area (Å²) in [6, 6.07) is 8.83. The van der Waals surface area contributed by atoms with E-state index in [9.17, 15) is 0 Å². The van der Waals surface area contributed by atoms with Crippen molar-refractivity contribution >= 4 is 29.9 Å². The van der Waals surface area contributed by atoms with Crippen LogP contribution in [0.1, 0.15) is 36.8 Å². The molecular formula is C19H30IN3. The zero-order chi connectivity index (χ0) is 15.4. The molecule has 1 aliphatic heterocycles. The van der Waals surface area contributed by atoms with Crippen molar-refractivity contribution in [1.82, 2.24) is 10.2 Å². The maximum absolute atomic E-state index is 4.50. The molecule has 2 atom stereocenters. The van der Waals surface area contributed by atoms with Gasteiger partial charge in [0, 0.05) is 26.7 Å². The third-order valence-corrected chi connectivity index (χ3v) is 5.31. The number of fused-ring (bicyclic) bond motifs is 1. The monoisotopic (exact) mass is 427 g/mol.